The van der Waals surface area contributed by atoms with E-state index in [0.717, 1.165) is 24.4 Å². The molecule has 1 aromatic heterocycles. The van der Waals surface area contributed by atoms with Gasteiger partial charge in [-0.05, 0) is 12.1 Å². The number of hydrogen-bond acceptors (Lipinski definition) is 6. The number of aromatic nitrogens is 1. The minimum Gasteiger partial charge on any atom is -0.846 e. The highest BCUT2D eigenvalue weighted by Gasteiger charge is 2.18. The first-order valence-corrected chi connectivity index (χ1v) is 7.49. The summed E-state index contributed by atoms with van der Waals surface area (Å²) in [6.07, 6.45) is 0. The van der Waals surface area contributed by atoms with Crippen molar-refractivity contribution in [2.24, 2.45) is 4.76 Å². The standard InChI is InChI=1S/C10H12N3O4PS/c1-16-18(15,17-2)13-9(14)12-10-11-7-5-3-4-6-8(7)19-10/h3-6H,1-2H3,(H2,11,12,13,14,15)/p-1. The maximum Gasteiger partial charge on any atom is 0.454 e. The highest BCUT2D eigenvalue weighted by atomic mass is 32.1. The molecule has 0 unspecified atom stereocenters. The lowest BCUT2D eigenvalue weighted by atomic mass is 10.3. The molecule has 19 heavy (non-hydrogen) atoms. The number of nitrogens with one attached hydrogen (secondary N) is 1. The lowest BCUT2D eigenvalue weighted by Crippen LogP contribution is -2.26. The molecular formula is C10H11N3O4PS-. The van der Waals surface area contributed by atoms with Crippen molar-refractivity contribution in [1.82, 2.24) is 4.98 Å². The van der Waals surface area contributed by atoms with Crippen molar-refractivity contribution in [2.75, 3.05) is 19.5 Å². The summed E-state index contributed by atoms with van der Waals surface area (Å²) in [6, 6.07) is 6.61. The molecule has 0 saturated heterocycles. The first-order chi connectivity index (χ1) is 9.06. The Morgan fingerprint density at radius 2 is 2.11 bits per heavy atom. The quantitative estimate of drug-likeness (QED) is 0.525. The zero-order valence-electron chi connectivity index (χ0n) is 10.2. The van der Waals surface area contributed by atoms with Gasteiger partial charge < -0.3 is 10.4 Å². The number of nitrogens with zero attached hydrogens (tertiary/aromatic N) is 2. The number of fused-ring (bicyclic) bond motifs is 1. The van der Waals surface area contributed by atoms with Gasteiger partial charge in [-0.25, -0.2) is 9.55 Å². The molecule has 1 N–H and O–H groups in total. The fraction of sp³-hybridized carbons (Fsp3) is 0.200. The fourth-order valence-corrected chi connectivity index (χ4v) is 2.75. The highest BCUT2D eigenvalue weighted by molar-refractivity contribution is 7.52. The van der Waals surface area contributed by atoms with Crippen molar-refractivity contribution >= 4 is 40.5 Å². The lowest BCUT2D eigenvalue weighted by Gasteiger charge is -2.14. The number of para-hydroxylation sites is 1. The van der Waals surface area contributed by atoms with Crippen LogP contribution in [-0.2, 0) is 13.6 Å². The van der Waals surface area contributed by atoms with Gasteiger partial charge in [0, 0.05) is 14.2 Å². The number of benzene rings is 1. The summed E-state index contributed by atoms with van der Waals surface area (Å²) in [5.74, 6) is 0. The Labute approximate surface area is 113 Å². The molecule has 2 aromatic rings. The van der Waals surface area contributed by atoms with Crippen molar-refractivity contribution in [3.63, 3.8) is 0 Å². The van der Waals surface area contributed by atoms with Crippen LogP contribution in [0.1, 0.15) is 0 Å². The van der Waals surface area contributed by atoms with Gasteiger partial charge >= 0.3 is 7.75 Å². The summed E-state index contributed by atoms with van der Waals surface area (Å²) in [6.45, 7) is 0. The van der Waals surface area contributed by atoms with E-state index < -0.39 is 13.8 Å². The average Bonchev–Trinajstić information content (AvgIpc) is 2.80. The van der Waals surface area contributed by atoms with Crippen LogP contribution in [0.2, 0.25) is 0 Å². The topological polar surface area (TPSA) is 95.9 Å². The van der Waals surface area contributed by atoms with Crippen LogP contribution in [0.3, 0.4) is 0 Å². The van der Waals surface area contributed by atoms with Crippen molar-refractivity contribution in [1.29, 1.82) is 0 Å². The highest BCUT2D eigenvalue weighted by Crippen LogP contribution is 2.47. The van der Waals surface area contributed by atoms with Gasteiger partial charge in [-0.1, -0.05) is 23.5 Å². The Morgan fingerprint density at radius 3 is 2.74 bits per heavy atom. The van der Waals surface area contributed by atoms with Gasteiger partial charge in [-0.2, -0.15) is 4.76 Å². The third-order valence-electron chi connectivity index (χ3n) is 2.18. The molecule has 1 heterocycles. The molecular weight excluding hydrogens is 289 g/mol. The van der Waals surface area contributed by atoms with Gasteiger partial charge in [-0.3, -0.25) is 9.05 Å². The average molecular weight is 300 g/mol. The molecule has 9 heteroatoms. The molecule has 0 saturated carbocycles. The summed E-state index contributed by atoms with van der Waals surface area (Å²) < 4.78 is 25.0. The number of amidine groups is 1. The number of anilines is 1. The number of rotatable bonds is 4. The number of thiazole rings is 1. The molecule has 102 valence electrons. The van der Waals surface area contributed by atoms with Gasteiger partial charge in [0.05, 0.1) is 16.2 Å². The molecule has 0 bridgehead atoms. The molecule has 0 radical (unpaired) electrons. The zero-order valence-corrected chi connectivity index (χ0v) is 11.9. The van der Waals surface area contributed by atoms with Gasteiger partial charge in [0.15, 0.2) is 5.13 Å². The van der Waals surface area contributed by atoms with Crippen molar-refractivity contribution in [3.8, 4) is 0 Å². The third kappa shape index (κ3) is 3.30. The normalized spacial score (nSPS) is 12.8. The zero-order chi connectivity index (χ0) is 13.9. The predicted molar refractivity (Wildman–Crippen MR) is 72.3 cm³/mol. The Bertz CT molecular complexity index is 616. The van der Waals surface area contributed by atoms with E-state index in [9.17, 15) is 9.67 Å². The maximum absolute atomic E-state index is 11.6. The van der Waals surface area contributed by atoms with Crippen molar-refractivity contribution < 1.29 is 18.7 Å². The minimum absolute atomic E-state index is 0.369. The molecule has 0 aliphatic rings. The monoisotopic (exact) mass is 300 g/mol. The van der Waals surface area contributed by atoms with Crippen LogP contribution in [0.25, 0.3) is 10.2 Å². The molecule has 0 fully saturated rings. The second kappa shape index (κ2) is 5.66. The van der Waals surface area contributed by atoms with Crippen LogP contribution < -0.4 is 10.4 Å². The van der Waals surface area contributed by atoms with Crippen LogP contribution in [0.4, 0.5) is 5.13 Å². The van der Waals surface area contributed by atoms with Gasteiger partial charge in [0.1, 0.15) is 0 Å². The van der Waals surface area contributed by atoms with E-state index in [1.807, 2.05) is 24.3 Å². The molecule has 0 amide bonds. The van der Waals surface area contributed by atoms with E-state index in [1.54, 1.807) is 0 Å². The van der Waals surface area contributed by atoms with Crippen molar-refractivity contribution in [2.45, 2.75) is 0 Å². The summed E-state index contributed by atoms with van der Waals surface area (Å²) >= 11 is 1.29. The second-order valence-corrected chi connectivity index (χ2v) is 6.25. The van der Waals surface area contributed by atoms with Crippen molar-refractivity contribution in [3.05, 3.63) is 24.3 Å². The van der Waals surface area contributed by atoms with Crippen LogP contribution in [0.5, 0.6) is 0 Å². The predicted octanol–water partition coefficient (Wildman–Crippen LogP) is 1.83. The Hall–Kier alpha value is -1.47. The molecule has 2 rings (SSSR count). The Balaban J connectivity index is 2.21. The van der Waals surface area contributed by atoms with E-state index in [-0.39, 0.29) is 0 Å². The van der Waals surface area contributed by atoms with E-state index in [1.165, 1.54) is 11.3 Å². The first-order valence-electron chi connectivity index (χ1n) is 5.17. The molecule has 0 spiro atoms. The van der Waals surface area contributed by atoms with E-state index in [4.69, 9.17) is 0 Å². The smallest absolute Gasteiger partial charge is 0.454 e. The fourth-order valence-electron chi connectivity index (χ4n) is 1.31. The lowest BCUT2D eigenvalue weighted by molar-refractivity contribution is -0.214. The van der Waals surface area contributed by atoms with Crippen LogP contribution in [-0.4, -0.2) is 25.2 Å². The maximum atomic E-state index is 11.6. The SMILES string of the molecule is COP(=O)(N=C([O-])Nc1nc2ccccc2s1)OC. The summed E-state index contributed by atoms with van der Waals surface area (Å²) in [7, 11) is -1.42. The van der Waals surface area contributed by atoms with E-state index >= 15 is 0 Å². The summed E-state index contributed by atoms with van der Waals surface area (Å²) in [5.41, 5.74) is 0.768. The first kappa shape index (κ1) is 14.0. The van der Waals surface area contributed by atoms with Crippen LogP contribution >= 0.6 is 19.1 Å². The molecule has 0 aliphatic heterocycles. The molecule has 1 aromatic carbocycles. The summed E-state index contributed by atoms with van der Waals surface area (Å²) in [4.78, 5) is 4.19. The van der Waals surface area contributed by atoms with Gasteiger partial charge in [-0.15, -0.1) is 0 Å². The molecule has 0 atom stereocenters. The largest absolute Gasteiger partial charge is 0.846 e. The summed E-state index contributed by atoms with van der Waals surface area (Å²) in [5, 5.41) is 14.4. The van der Waals surface area contributed by atoms with Crippen LogP contribution in [0, 0.1) is 0 Å². The molecule has 0 aliphatic carbocycles. The second-order valence-electron chi connectivity index (χ2n) is 3.35. The minimum atomic E-state index is -3.72. The van der Waals surface area contributed by atoms with Gasteiger partial charge in [0.2, 0.25) is 0 Å². The Kier molecular flexibility index (Phi) is 4.16. The number of hydrogen-bond donors (Lipinski definition) is 1. The molecule has 7 nitrogen and oxygen atoms in total. The van der Waals surface area contributed by atoms with E-state index in [0.29, 0.717) is 5.13 Å². The van der Waals surface area contributed by atoms with E-state index in [2.05, 4.69) is 24.1 Å². The van der Waals surface area contributed by atoms with Crippen LogP contribution in [0.15, 0.2) is 29.0 Å². The third-order valence-corrected chi connectivity index (χ3v) is 4.48. The Morgan fingerprint density at radius 1 is 1.42 bits per heavy atom. The van der Waals surface area contributed by atoms with Gasteiger partial charge in [0.25, 0.3) is 0 Å².